The lowest BCUT2D eigenvalue weighted by atomic mass is 10.0. The van der Waals surface area contributed by atoms with Crippen LogP contribution < -0.4 is 20.3 Å². The first-order valence-corrected chi connectivity index (χ1v) is 11.0. The molecule has 1 aromatic heterocycles. The minimum Gasteiger partial charge on any atom is -0.496 e. The van der Waals surface area contributed by atoms with Crippen LogP contribution in [0.3, 0.4) is 0 Å². The summed E-state index contributed by atoms with van der Waals surface area (Å²) < 4.78 is 10.8. The third-order valence-corrected chi connectivity index (χ3v) is 5.52. The van der Waals surface area contributed by atoms with Gasteiger partial charge in [0.15, 0.2) is 0 Å². The number of aromatic nitrogens is 2. The van der Waals surface area contributed by atoms with Crippen molar-refractivity contribution in [2.24, 2.45) is 0 Å². The molecule has 3 aromatic rings. The molecule has 0 unspecified atom stereocenters. The fourth-order valence-corrected chi connectivity index (χ4v) is 3.74. The molecule has 0 bridgehead atoms. The van der Waals surface area contributed by atoms with Crippen molar-refractivity contribution >= 4 is 23.2 Å². The second-order valence-corrected chi connectivity index (χ2v) is 7.75. The van der Waals surface area contributed by atoms with E-state index >= 15 is 0 Å². The number of carbonyl (C=O) groups is 1. The van der Waals surface area contributed by atoms with Crippen LogP contribution in [0.1, 0.15) is 15.9 Å². The average Bonchev–Trinajstić information content (AvgIpc) is 2.89. The van der Waals surface area contributed by atoms with E-state index in [9.17, 15) is 4.79 Å². The molecule has 9 heteroatoms. The van der Waals surface area contributed by atoms with Crippen molar-refractivity contribution in [3.63, 3.8) is 0 Å². The van der Waals surface area contributed by atoms with E-state index in [1.807, 2.05) is 25.1 Å². The summed E-state index contributed by atoms with van der Waals surface area (Å²) >= 11 is 0. The van der Waals surface area contributed by atoms with Crippen LogP contribution in [0.2, 0.25) is 0 Å². The molecular formula is C25H26N6O3. The number of carbonyl (C=O) groups excluding carboxylic acids is 1. The number of ether oxygens (including phenoxy) is 2. The van der Waals surface area contributed by atoms with Gasteiger partial charge in [0.2, 0.25) is 5.95 Å². The van der Waals surface area contributed by atoms with E-state index in [0.29, 0.717) is 17.3 Å². The fourth-order valence-electron chi connectivity index (χ4n) is 3.74. The number of rotatable bonds is 7. The largest absolute Gasteiger partial charge is 0.496 e. The Kier molecular flexibility index (Phi) is 7.20. The van der Waals surface area contributed by atoms with Crippen molar-refractivity contribution in [1.82, 2.24) is 15.3 Å². The lowest BCUT2D eigenvalue weighted by molar-refractivity contribution is 0.0955. The highest BCUT2D eigenvalue weighted by Gasteiger charge is 2.16. The van der Waals surface area contributed by atoms with Gasteiger partial charge in [-0.25, -0.2) is 9.97 Å². The predicted octanol–water partition coefficient (Wildman–Crippen LogP) is 3.29. The summed E-state index contributed by atoms with van der Waals surface area (Å²) in [6.07, 6.45) is 1.76. The van der Waals surface area contributed by atoms with Crippen LogP contribution in [0.15, 0.2) is 48.7 Å². The Labute approximate surface area is 198 Å². The number of nitrogens with one attached hydrogen (secondary N) is 2. The molecule has 1 aliphatic heterocycles. The van der Waals surface area contributed by atoms with Crippen LogP contribution in [0, 0.1) is 18.3 Å². The van der Waals surface area contributed by atoms with Gasteiger partial charge in [-0.2, -0.15) is 5.26 Å². The summed E-state index contributed by atoms with van der Waals surface area (Å²) in [6.45, 7) is 5.12. The lowest BCUT2D eigenvalue weighted by Crippen LogP contribution is -2.36. The third-order valence-electron chi connectivity index (χ3n) is 5.52. The Bertz CT molecular complexity index is 1200. The van der Waals surface area contributed by atoms with Gasteiger partial charge >= 0.3 is 0 Å². The Morgan fingerprint density at radius 3 is 2.68 bits per heavy atom. The fraction of sp³-hybridized carbons (Fsp3) is 0.280. The summed E-state index contributed by atoms with van der Waals surface area (Å²) in [4.78, 5) is 23.7. The Balaban J connectivity index is 1.54. The molecule has 0 atom stereocenters. The molecule has 2 aromatic carbocycles. The first-order valence-electron chi connectivity index (χ1n) is 11.0. The van der Waals surface area contributed by atoms with Gasteiger partial charge in [-0.1, -0.05) is 6.07 Å². The van der Waals surface area contributed by atoms with Crippen molar-refractivity contribution < 1.29 is 14.3 Å². The number of anilines is 3. The van der Waals surface area contributed by atoms with Crippen LogP contribution in [-0.2, 0) is 4.74 Å². The molecule has 174 valence electrons. The Hall–Kier alpha value is -4.16. The van der Waals surface area contributed by atoms with E-state index in [1.54, 1.807) is 24.4 Å². The zero-order chi connectivity index (χ0) is 23.9. The monoisotopic (exact) mass is 458 g/mol. The maximum atomic E-state index is 12.3. The van der Waals surface area contributed by atoms with Gasteiger partial charge < -0.3 is 25.0 Å². The van der Waals surface area contributed by atoms with Gasteiger partial charge in [0, 0.05) is 36.2 Å². The molecule has 0 spiro atoms. The number of morpholine rings is 1. The van der Waals surface area contributed by atoms with Crippen LogP contribution in [0.25, 0.3) is 11.3 Å². The summed E-state index contributed by atoms with van der Waals surface area (Å²) in [6, 6.07) is 15.3. The van der Waals surface area contributed by atoms with Crippen molar-refractivity contribution in [1.29, 1.82) is 5.26 Å². The molecule has 1 amide bonds. The van der Waals surface area contributed by atoms with Crippen LogP contribution in [0.4, 0.5) is 17.3 Å². The molecule has 1 aliphatic rings. The maximum Gasteiger partial charge on any atom is 0.255 e. The lowest BCUT2D eigenvalue weighted by Gasteiger charge is -2.28. The molecule has 0 saturated carbocycles. The molecule has 4 rings (SSSR count). The van der Waals surface area contributed by atoms with E-state index < -0.39 is 0 Å². The molecule has 2 heterocycles. The Morgan fingerprint density at radius 2 is 1.97 bits per heavy atom. The summed E-state index contributed by atoms with van der Waals surface area (Å²) in [5.74, 6) is 0.501. The zero-order valence-corrected chi connectivity index (χ0v) is 19.2. The zero-order valence-electron chi connectivity index (χ0n) is 19.2. The summed E-state index contributed by atoms with van der Waals surface area (Å²) in [5.41, 5.74) is 4.80. The van der Waals surface area contributed by atoms with Crippen LogP contribution >= 0.6 is 0 Å². The SMILES string of the molecule is COc1cc(-c2nc(Nc3ccc(N4CCOCC4)cc3)ncc2C)ccc1C(=O)NCC#N. The highest BCUT2D eigenvalue weighted by atomic mass is 16.5. The molecule has 34 heavy (non-hydrogen) atoms. The van der Waals surface area contributed by atoms with Crippen LogP contribution in [0.5, 0.6) is 5.75 Å². The molecule has 2 N–H and O–H groups in total. The number of nitriles is 1. The predicted molar refractivity (Wildman–Crippen MR) is 129 cm³/mol. The number of hydrogen-bond acceptors (Lipinski definition) is 8. The highest BCUT2D eigenvalue weighted by molar-refractivity contribution is 5.97. The van der Waals surface area contributed by atoms with E-state index in [0.717, 1.165) is 54.5 Å². The van der Waals surface area contributed by atoms with E-state index in [1.165, 1.54) is 7.11 Å². The van der Waals surface area contributed by atoms with Crippen molar-refractivity contribution in [2.75, 3.05) is 50.2 Å². The molecule has 0 radical (unpaired) electrons. The highest BCUT2D eigenvalue weighted by Crippen LogP contribution is 2.29. The number of benzene rings is 2. The van der Waals surface area contributed by atoms with Crippen molar-refractivity contribution in [2.45, 2.75) is 6.92 Å². The number of nitrogens with zero attached hydrogens (tertiary/aromatic N) is 4. The van der Waals surface area contributed by atoms with E-state index in [2.05, 4.69) is 32.7 Å². The van der Waals surface area contributed by atoms with Gasteiger partial charge in [0.25, 0.3) is 5.91 Å². The molecule has 9 nitrogen and oxygen atoms in total. The minimum absolute atomic E-state index is 0.0722. The molecule has 1 fully saturated rings. The minimum atomic E-state index is -0.368. The Morgan fingerprint density at radius 1 is 1.21 bits per heavy atom. The van der Waals surface area contributed by atoms with Crippen molar-refractivity contribution in [3.05, 3.63) is 59.8 Å². The number of methoxy groups -OCH3 is 1. The maximum absolute atomic E-state index is 12.3. The van der Waals surface area contributed by atoms with Crippen LogP contribution in [-0.4, -0.2) is 55.8 Å². The molecule has 0 aliphatic carbocycles. The first-order chi connectivity index (χ1) is 16.6. The van der Waals surface area contributed by atoms with Crippen molar-refractivity contribution in [3.8, 4) is 23.1 Å². The standard InChI is InChI=1S/C25H26N6O3/c1-17-16-28-25(29-19-4-6-20(7-5-19)31-11-13-34-14-12-31)30-23(17)18-3-8-21(22(15-18)33-2)24(32)27-10-9-26/h3-8,15-16H,10-14H2,1-2H3,(H,27,32)(H,28,29,30). The second-order valence-electron chi connectivity index (χ2n) is 7.75. The quantitative estimate of drug-likeness (QED) is 0.519. The number of amides is 1. The van der Waals surface area contributed by atoms with Gasteiger partial charge in [0.1, 0.15) is 12.3 Å². The second kappa shape index (κ2) is 10.6. The average molecular weight is 459 g/mol. The number of aryl methyl sites for hydroxylation is 1. The topological polar surface area (TPSA) is 112 Å². The summed E-state index contributed by atoms with van der Waals surface area (Å²) in [5, 5.41) is 14.5. The van der Waals surface area contributed by atoms with Gasteiger partial charge in [-0.05, 0) is 48.9 Å². The van der Waals surface area contributed by atoms with E-state index in [-0.39, 0.29) is 12.5 Å². The van der Waals surface area contributed by atoms with Gasteiger partial charge in [-0.3, -0.25) is 4.79 Å². The summed E-state index contributed by atoms with van der Waals surface area (Å²) in [7, 11) is 1.50. The smallest absolute Gasteiger partial charge is 0.255 e. The third kappa shape index (κ3) is 5.24. The molecule has 1 saturated heterocycles. The first kappa shape index (κ1) is 23.0. The molecular weight excluding hydrogens is 432 g/mol. The van der Waals surface area contributed by atoms with E-state index in [4.69, 9.17) is 19.7 Å². The van der Waals surface area contributed by atoms with Gasteiger partial charge in [0.05, 0.1) is 37.7 Å². The number of hydrogen-bond donors (Lipinski definition) is 2. The normalized spacial score (nSPS) is 13.1. The van der Waals surface area contributed by atoms with Gasteiger partial charge in [-0.15, -0.1) is 0 Å².